The van der Waals surface area contributed by atoms with Crippen molar-refractivity contribution in [1.82, 2.24) is 0 Å². The van der Waals surface area contributed by atoms with Crippen LogP contribution in [0.1, 0.15) is 17.3 Å². The topological polar surface area (TPSA) is 98.5 Å². The molecule has 2 aromatic rings. The van der Waals surface area contributed by atoms with Crippen LogP contribution < -0.4 is 5.32 Å². The first-order valence-corrected chi connectivity index (χ1v) is 7.00. The minimum absolute atomic E-state index is 0.0618. The molecule has 0 aliphatic rings. The van der Waals surface area contributed by atoms with Gasteiger partial charge in [-0.05, 0) is 31.2 Å². The second-order valence-electron chi connectivity index (χ2n) is 4.94. The maximum Gasteiger partial charge on any atom is 0.339 e. The van der Waals surface area contributed by atoms with E-state index in [1.54, 1.807) is 0 Å². The monoisotopic (exact) mass is 350 g/mol. The summed E-state index contributed by atoms with van der Waals surface area (Å²) in [6.45, 7) is 1.24. The van der Waals surface area contributed by atoms with Crippen LogP contribution in [0.2, 0.25) is 0 Å². The lowest BCUT2D eigenvalue weighted by atomic mass is 10.2. The second-order valence-corrected chi connectivity index (χ2v) is 4.94. The fourth-order valence-electron chi connectivity index (χ4n) is 1.88. The number of rotatable bonds is 5. The van der Waals surface area contributed by atoms with Crippen molar-refractivity contribution < 1.29 is 28.0 Å². The summed E-state index contributed by atoms with van der Waals surface area (Å²) >= 11 is 0. The molecule has 1 unspecified atom stereocenters. The third-order valence-electron chi connectivity index (χ3n) is 3.17. The zero-order valence-electron chi connectivity index (χ0n) is 12.9. The molecule has 9 heteroatoms. The summed E-state index contributed by atoms with van der Waals surface area (Å²) in [5.74, 6) is -4.21. The van der Waals surface area contributed by atoms with Crippen LogP contribution in [0, 0.1) is 21.7 Å². The second kappa shape index (κ2) is 7.47. The van der Waals surface area contributed by atoms with Gasteiger partial charge in [-0.15, -0.1) is 0 Å². The van der Waals surface area contributed by atoms with Gasteiger partial charge < -0.3 is 10.1 Å². The summed E-state index contributed by atoms with van der Waals surface area (Å²) in [6, 6.07) is 7.84. The van der Waals surface area contributed by atoms with Crippen LogP contribution in [0.4, 0.5) is 20.2 Å². The maximum atomic E-state index is 13.1. The van der Waals surface area contributed by atoms with Gasteiger partial charge in [0.2, 0.25) is 0 Å². The van der Waals surface area contributed by atoms with E-state index in [0.29, 0.717) is 6.07 Å². The standard InChI is InChI=1S/C16H12F2N2O5/c1-9(25-16(22)10-6-7-11(17)12(18)8-10)15(21)19-13-4-2-3-5-14(13)20(23)24/h2-9H,1H3,(H,19,21). The summed E-state index contributed by atoms with van der Waals surface area (Å²) in [5.41, 5.74) is -0.660. The Kier molecular flexibility index (Phi) is 5.38. The molecule has 0 heterocycles. The third kappa shape index (κ3) is 4.34. The molecule has 0 aliphatic heterocycles. The van der Waals surface area contributed by atoms with Crippen LogP contribution in [-0.4, -0.2) is 22.9 Å². The fraction of sp³-hybridized carbons (Fsp3) is 0.125. The van der Waals surface area contributed by atoms with Gasteiger partial charge in [0.05, 0.1) is 10.5 Å². The number of ether oxygens (including phenoxy) is 1. The van der Waals surface area contributed by atoms with Crippen LogP contribution in [0.25, 0.3) is 0 Å². The molecule has 7 nitrogen and oxygen atoms in total. The van der Waals surface area contributed by atoms with Crippen LogP contribution in [0.5, 0.6) is 0 Å². The van der Waals surface area contributed by atoms with Gasteiger partial charge >= 0.3 is 5.97 Å². The van der Waals surface area contributed by atoms with E-state index >= 15 is 0 Å². The highest BCUT2D eigenvalue weighted by atomic mass is 19.2. The molecular formula is C16H12F2N2O5. The van der Waals surface area contributed by atoms with Crippen LogP contribution >= 0.6 is 0 Å². The zero-order chi connectivity index (χ0) is 18.6. The van der Waals surface area contributed by atoms with Crippen molar-refractivity contribution in [3.8, 4) is 0 Å². The Morgan fingerprint density at radius 3 is 2.48 bits per heavy atom. The van der Waals surface area contributed by atoms with E-state index in [9.17, 15) is 28.5 Å². The molecule has 0 saturated heterocycles. The number of amides is 1. The molecule has 0 spiro atoms. The molecule has 1 amide bonds. The number of nitro groups is 1. The highest BCUT2D eigenvalue weighted by Crippen LogP contribution is 2.23. The minimum Gasteiger partial charge on any atom is -0.449 e. The number of nitrogens with one attached hydrogen (secondary N) is 1. The highest BCUT2D eigenvalue weighted by molar-refractivity contribution is 5.98. The maximum absolute atomic E-state index is 13.1. The van der Waals surface area contributed by atoms with Gasteiger partial charge in [0.25, 0.3) is 11.6 Å². The van der Waals surface area contributed by atoms with Crippen molar-refractivity contribution in [2.24, 2.45) is 0 Å². The van der Waals surface area contributed by atoms with E-state index in [1.165, 1.54) is 31.2 Å². The van der Waals surface area contributed by atoms with E-state index in [0.717, 1.165) is 12.1 Å². The number of para-hydroxylation sites is 2. The average Bonchev–Trinajstić information content (AvgIpc) is 2.57. The number of nitrogens with zero attached hydrogens (tertiary/aromatic N) is 1. The molecule has 130 valence electrons. The Morgan fingerprint density at radius 2 is 1.84 bits per heavy atom. The number of carbonyl (C=O) groups excluding carboxylic acids is 2. The molecule has 0 saturated carbocycles. The van der Waals surface area contributed by atoms with Crippen molar-refractivity contribution in [1.29, 1.82) is 0 Å². The zero-order valence-corrected chi connectivity index (χ0v) is 12.9. The molecule has 0 radical (unpaired) electrons. The van der Waals surface area contributed by atoms with E-state index in [4.69, 9.17) is 4.74 Å². The molecular weight excluding hydrogens is 338 g/mol. The van der Waals surface area contributed by atoms with Gasteiger partial charge in [0.15, 0.2) is 17.7 Å². The molecule has 0 aromatic heterocycles. The largest absolute Gasteiger partial charge is 0.449 e. The number of esters is 1. The minimum atomic E-state index is -1.32. The van der Waals surface area contributed by atoms with Gasteiger partial charge in [0, 0.05) is 6.07 Å². The summed E-state index contributed by atoms with van der Waals surface area (Å²) in [6.07, 6.45) is -1.32. The Labute approximate surface area is 140 Å². The summed E-state index contributed by atoms with van der Waals surface area (Å²) in [7, 11) is 0. The SMILES string of the molecule is CC(OC(=O)c1ccc(F)c(F)c1)C(=O)Nc1ccccc1[N+](=O)[O-]. The van der Waals surface area contributed by atoms with E-state index in [1.807, 2.05) is 0 Å². The van der Waals surface area contributed by atoms with Crippen molar-refractivity contribution in [3.63, 3.8) is 0 Å². The lowest BCUT2D eigenvalue weighted by Gasteiger charge is -2.13. The van der Waals surface area contributed by atoms with E-state index in [-0.39, 0.29) is 16.9 Å². The fourth-order valence-corrected chi connectivity index (χ4v) is 1.88. The number of hydrogen-bond donors (Lipinski definition) is 1. The van der Waals surface area contributed by atoms with Gasteiger partial charge in [-0.25, -0.2) is 13.6 Å². The lowest BCUT2D eigenvalue weighted by molar-refractivity contribution is -0.383. The van der Waals surface area contributed by atoms with Crippen LogP contribution in [-0.2, 0) is 9.53 Å². The summed E-state index contributed by atoms with van der Waals surface area (Å²) < 4.78 is 30.8. The number of carbonyl (C=O) groups is 2. The van der Waals surface area contributed by atoms with Crippen molar-refractivity contribution in [2.75, 3.05) is 5.32 Å². The predicted molar refractivity (Wildman–Crippen MR) is 83.0 cm³/mol. The van der Waals surface area contributed by atoms with E-state index < -0.39 is 34.5 Å². The predicted octanol–water partition coefficient (Wildman–Crippen LogP) is 3.06. The molecule has 1 N–H and O–H groups in total. The molecule has 1 atom stereocenters. The summed E-state index contributed by atoms with van der Waals surface area (Å²) in [4.78, 5) is 34.1. The van der Waals surface area contributed by atoms with Crippen molar-refractivity contribution >= 4 is 23.3 Å². The number of benzene rings is 2. The first-order chi connectivity index (χ1) is 11.8. The lowest BCUT2D eigenvalue weighted by Crippen LogP contribution is -2.30. The van der Waals surface area contributed by atoms with Gasteiger partial charge in [0.1, 0.15) is 5.69 Å². The normalized spacial score (nSPS) is 11.5. The van der Waals surface area contributed by atoms with Crippen molar-refractivity contribution in [3.05, 3.63) is 69.8 Å². The quantitative estimate of drug-likeness (QED) is 0.508. The Bertz CT molecular complexity index is 841. The highest BCUT2D eigenvalue weighted by Gasteiger charge is 2.22. The molecule has 2 rings (SSSR count). The molecule has 25 heavy (non-hydrogen) atoms. The first kappa shape index (κ1) is 18.0. The summed E-state index contributed by atoms with van der Waals surface area (Å²) in [5, 5.41) is 13.2. The Hall–Kier alpha value is -3.36. The Morgan fingerprint density at radius 1 is 1.16 bits per heavy atom. The Balaban J connectivity index is 2.06. The van der Waals surface area contributed by atoms with E-state index in [2.05, 4.69) is 5.32 Å². The van der Waals surface area contributed by atoms with Gasteiger partial charge in [-0.2, -0.15) is 0 Å². The van der Waals surface area contributed by atoms with Crippen LogP contribution in [0.3, 0.4) is 0 Å². The van der Waals surface area contributed by atoms with Gasteiger partial charge in [-0.1, -0.05) is 12.1 Å². The number of nitro benzene ring substituents is 1. The molecule has 2 aromatic carbocycles. The number of anilines is 1. The molecule has 0 aliphatic carbocycles. The third-order valence-corrected chi connectivity index (χ3v) is 3.17. The molecule has 0 fully saturated rings. The molecule has 0 bridgehead atoms. The van der Waals surface area contributed by atoms with Gasteiger partial charge in [-0.3, -0.25) is 14.9 Å². The number of hydrogen-bond acceptors (Lipinski definition) is 5. The number of halogens is 2. The van der Waals surface area contributed by atoms with Crippen molar-refractivity contribution in [2.45, 2.75) is 13.0 Å². The smallest absolute Gasteiger partial charge is 0.339 e. The average molecular weight is 350 g/mol. The van der Waals surface area contributed by atoms with Crippen LogP contribution in [0.15, 0.2) is 42.5 Å². The first-order valence-electron chi connectivity index (χ1n) is 7.00.